The van der Waals surface area contributed by atoms with Gasteiger partial charge in [-0.3, -0.25) is 0 Å². The van der Waals surface area contributed by atoms with Crippen LogP contribution < -0.4 is 0 Å². The van der Waals surface area contributed by atoms with E-state index in [1.165, 1.54) is 12.1 Å². The van der Waals surface area contributed by atoms with E-state index < -0.39 is 11.8 Å². The first kappa shape index (κ1) is 12.1. The summed E-state index contributed by atoms with van der Waals surface area (Å²) in [7, 11) is 0. The summed E-state index contributed by atoms with van der Waals surface area (Å²) in [6.07, 6.45) is 1.57. The van der Waals surface area contributed by atoms with Crippen LogP contribution in [-0.4, -0.2) is 5.97 Å². The van der Waals surface area contributed by atoms with Crippen molar-refractivity contribution in [3.63, 3.8) is 0 Å². The highest BCUT2D eigenvalue weighted by Gasteiger charge is 2.25. The summed E-state index contributed by atoms with van der Waals surface area (Å²) in [6, 6.07) is 12.8. The number of hydrogen-bond acceptors (Lipinski definition) is 3. The molecule has 96 valence electrons. The summed E-state index contributed by atoms with van der Waals surface area (Å²) in [6.45, 7) is 0. The van der Waals surface area contributed by atoms with Crippen LogP contribution in [0.5, 0.6) is 0 Å². The highest BCUT2D eigenvalue weighted by molar-refractivity contribution is 6.05. The third-order valence-corrected chi connectivity index (χ3v) is 3.04. The molecular weight excluding hydrogens is 257 g/mol. The van der Waals surface area contributed by atoms with Crippen molar-refractivity contribution in [1.82, 2.24) is 0 Å². The van der Waals surface area contributed by atoms with Gasteiger partial charge in [0.05, 0.1) is 17.2 Å². The van der Waals surface area contributed by atoms with E-state index in [2.05, 4.69) is 0 Å². The van der Waals surface area contributed by atoms with Gasteiger partial charge in [0.25, 0.3) is 0 Å². The molecule has 0 fully saturated rings. The lowest BCUT2D eigenvalue weighted by Crippen LogP contribution is -1.92. The van der Waals surface area contributed by atoms with Crippen molar-refractivity contribution < 1.29 is 13.9 Å². The van der Waals surface area contributed by atoms with Crippen molar-refractivity contribution >= 4 is 17.8 Å². The van der Waals surface area contributed by atoms with Crippen LogP contribution in [0, 0.1) is 17.1 Å². The lowest BCUT2D eigenvalue weighted by Gasteiger charge is -2.01. The Morgan fingerprint density at radius 3 is 2.65 bits per heavy atom. The van der Waals surface area contributed by atoms with Gasteiger partial charge in [-0.15, -0.1) is 0 Å². The zero-order chi connectivity index (χ0) is 14.1. The molecule has 4 heteroatoms. The molecule has 0 atom stereocenters. The topological polar surface area (TPSA) is 50.1 Å². The first-order valence-corrected chi connectivity index (χ1v) is 5.92. The van der Waals surface area contributed by atoms with Gasteiger partial charge in [-0.25, -0.2) is 9.18 Å². The molecule has 0 amide bonds. The number of benzene rings is 2. The minimum absolute atomic E-state index is 0.193. The van der Waals surface area contributed by atoms with E-state index in [1.807, 2.05) is 6.07 Å². The Hall–Kier alpha value is -2.93. The van der Waals surface area contributed by atoms with E-state index in [0.29, 0.717) is 22.4 Å². The average molecular weight is 265 g/mol. The molecule has 20 heavy (non-hydrogen) atoms. The molecule has 0 N–H and O–H groups in total. The second-order valence-corrected chi connectivity index (χ2v) is 4.29. The molecule has 0 bridgehead atoms. The number of ether oxygens (including phenoxy) is 1. The number of fused-ring (bicyclic) bond motifs is 1. The number of carbonyl (C=O) groups excluding carboxylic acids is 1. The number of esters is 1. The van der Waals surface area contributed by atoms with Gasteiger partial charge in [0.2, 0.25) is 0 Å². The van der Waals surface area contributed by atoms with Crippen molar-refractivity contribution in [2.45, 2.75) is 0 Å². The Bertz CT molecular complexity index is 787. The normalized spacial score (nSPS) is 14.8. The molecule has 0 saturated carbocycles. The second-order valence-electron chi connectivity index (χ2n) is 4.29. The number of cyclic esters (lactones) is 1. The van der Waals surface area contributed by atoms with Crippen LogP contribution in [0.4, 0.5) is 4.39 Å². The van der Waals surface area contributed by atoms with Gasteiger partial charge in [-0.05, 0) is 29.8 Å². The van der Waals surface area contributed by atoms with E-state index in [0.717, 1.165) is 6.07 Å². The van der Waals surface area contributed by atoms with Gasteiger partial charge in [0.15, 0.2) is 0 Å². The summed E-state index contributed by atoms with van der Waals surface area (Å²) in [5.74, 6) is -0.534. The lowest BCUT2D eigenvalue weighted by molar-refractivity contribution is 0.0717. The molecule has 2 aromatic carbocycles. The van der Waals surface area contributed by atoms with Crippen molar-refractivity contribution in [2.24, 2.45) is 0 Å². The smallest absolute Gasteiger partial charge is 0.344 e. The number of hydrogen-bond donors (Lipinski definition) is 0. The molecule has 0 aromatic heterocycles. The van der Waals surface area contributed by atoms with Gasteiger partial charge in [-0.1, -0.05) is 24.3 Å². The molecule has 0 radical (unpaired) electrons. The van der Waals surface area contributed by atoms with E-state index >= 15 is 0 Å². The van der Waals surface area contributed by atoms with E-state index in [4.69, 9.17) is 10.00 Å². The highest BCUT2D eigenvalue weighted by atomic mass is 19.1. The van der Waals surface area contributed by atoms with Gasteiger partial charge in [0, 0.05) is 5.56 Å². The Morgan fingerprint density at radius 2 is 1.90 bits per heavy atom. The fourth-order valence-corrected chi connectivity index (χ4v) is 2.09. The molecule has 0 saturated heterocycles. The van der Waals surface area contributed by atoms with Crippen LogP contribution in [-0.2, 0) is 4.74 Å². The zero-order valence-electron chi connectivity index (χ0n) is 10.3. The van der Waals surface area contributed by atoms with Gasteiger partial charge in [-0.2, -0.15) is 5.26 Å². The third-order valence-electron chi connectivity index (χ3n) is 3.04. The molecule has 2 aromatic rings. The number of nitriles is 1. The molecular formula is C16H8FNO2. The van der Waals surface area contributed by atoms with Gasteiger partial charge >= 0.3 is 5.97 Å². The van der Waals surface area contributed by atoms with Crippen molar-refractivity contribution in [3.8, 4) is 6.07 Å². The number of carbonyl (C=O) groups is 1. The van der Waals surface area contributed by atoms with Crippen LogP contribution in [0.15, 0.2) is 42.5 Å². The molecule has 0 unspecified atom stereocenters. The molecule has 0 aliphatic carbocycles. The Morgan fingerprint density at radius 1 is 1.15 bits per heavy atom. The molecule has 3 nitrogen and oxygen atoms in total. The SMILES string of the molecule is N#Cc1cc(F)ccc1C=C1OC(=O)c2ccccc21. The Kier molecular flexibility index (Phi) is 2.81. The predicted molar refractivity (Wildman–Crippen MR) is 70.8 cm³/mol. The second kappa shape index (κ2) is 4.63. The van der Waals surface area contributed by atoms with Crippen molar-refractivity contribution in [2.75, 3.05) is 0 Å². The molecule has 0 spiro atoms. The molecule has 1 heterocycles. The first-order chi connectivity index (χ1) is 9.69. The predicted octanol–water partition coefficient (Wildman–Crippen LogP) is 3.37. The monoisotopic (exact) mass is 265 g/mol. The molecule has 1 aliphatic heterocycles. The largest absolute Gasteiger partial charge is 0.422 e. The maximum absolute atomic E-state index is 13.1. The highest BCUT2D eigenvalue weighted by Crippen LogP contribution is 2.31. The maximum Gasteiger partial charge on any atom is 0.344 e. The summed E-state index contributed by atoms with van der Waals surface area (Å²) < 4.78 is 18.3. The van der Waals surface area contributed by atoms with Gasteiger partial charge in [0.1, 0.15) is 11.6 Å². The fourth-order valence-electron chi connectivity index (χ4n) is 2.09. The average Bonchev–Trinajstić information content (AvgIpc) is 2.78. The maximum atomic E-state index is 13.1. The summed E-state index contributed by atoms with van der Waals surface area (Å²) in [4.78, 5) is 11.7. The van der Waals surface area contributed by atoms with Crippen LogP contribution >= 0.6 is 0 Å². The van der Waals surface area contributed by atoms with E-state index in [-0.39, 0.29) is 5.56 Å². The molecule has 1 aliphatic rings. The van der Waals surface area contributed by atoms with Gasteiger partial charge < -0.3 is 4.74 Å². The van der Waals surface area contributed by atoms with Crippen molar-refractivity contribution in [1.29, 1.82) is 5.26 Å². The summed E-state index contributed by atoms with van der Waals surface area (Å²) in [5, 5.41) is 9.01. The quantitative estimate of drug-likeness (QED) is 0.743. The number of rotatable bonds is 1. The third kappa shape index (κ3) is 1.95. The van der Waals surface area contributed by atoms with E-state index in [9.17, 15) is 9.18 Å². The first-order valence-electron chi connectivity index (χ1n) is 5.92. The van der Waals surface area contributed by atoms with Crippen molar-refractivity contribution in [3.05, 3.63) is 70.5 Å². The zero-order valence-corrected chi connectivity index (χ0v) is 10.3. The van der Waals surface area contributed by atoms with Crippen LogP contribution in [0.2, 0.25) is 0 Å². The number of nitrogens with zero attached hydrogens (tertiary/aromatic N) is 1. The Balaban J connectivity index is 2.12. The minimum Gasteiger partial charge on any atom is -0.422 e. The Labute approximate surface area is 114 Å². The minimum atomic E-state index is -0.479. The van der Waals surface area contributed by atoms with Crippen LogP contribution in [0.25, 0.3) is 11.8 Å². The lowest BCUT2D eigenvalue weighted by atomic mass is 10.0. The molecule has 3 rings (SSSR count). The standard InChI is InChI=1S/C16H8FNO2/c17-12-6-5-10(11(7-12)9-18)8-15-13-3-1-2-4-14(13)16(19)20-15/h1-8H. The van der Waals surface area contributed by atoms with Crippen LogP contribution in [0.1, 0.15) is 27.0 Å². The fraction of sp³-hybridized carbons (Fsp3) is 0. The summed E-state index contributed by atoms with van der Waals surface area (Å²) in [5.41, 5.74) is 1.86. The number of halogens is 1. The summed E-state index contributed by atoms with van der Waals surface area (Å²) >= 11 is 0. The van der Waals surface area contributed by atoms with E-state index in [1.54, 1.807) is 30.3 Å². The van der Waals surface area contributed by atoms with Crippen LogP contribution in [0.3, 0.4) is 0 Å².